The van der Waals surface area contributed by atoms with E-state index in [4.69, 9.17) is 18.7 Å². The maximum Gasteiger partial charge on any atom is 0.416 e. The molecule has 0 aliphatic carbocycles. The van der Waals surface area contributed by atoms with Crippen molar-refractivity contribution in [1.29, 1.82) is 0 Å². The molecule has 0 bridgehead atoms. The molecule has 0 radical (unpaired) electrons. The number of halogens is 3. The Balaban J connectivity index is 1.19. The highest BCUT2D eigenvalue weighted by Crippen LogP contribution is 2.32. The van der Waals surface area contributed by atoms with Gasteiger partial charge in [-0.25, -0.2) is 9.69 Å². The molecule has 0 N–H and O–H groups in total. The van der Waals surface area contributed by atoms with Crippen molar-refractivity contribution in [3.05, 3.63) is 114 Å². The van der Waals surface area contributed by atoms with Crippen molar-refractivity contribution in [3.8, 4) is 11.5 Å². The number of benzene rings is 3. The van der Waals surface area contributed by atoms with Gasteiger partial charge in [0.05, 0.1) is 17.3 Å². The molecular weight excluding hydrogens is 553 g/mol. The molecular formula is C31H27F3N2O6. The average Bonchev–Trinajstić information content (AvgIpc) is 3.65. The minimum Gasteiger partial charge on any atom is -0.490 e. The maximum atomic E-state index is 13.4. The average molecular weight is 581 g/mol. The van der Waals surface area contributed by atoms with Crippen molar-refractivity contribution in [2.45, 2.75) is 31.0 Å². The summed E-state index contributed by atoms with van der Waals surface area (Å²) in [7, 11) is 0. The number of hydrogen-bond donors (Lipinski definition) is 0. The lowest BCUT2D eigenvalue weighted by molar-refractivity contribution is -0.137. The Morgan fingerprint density at radius 2 is 1.57 bits per heavy atom. The molecule has 8 nitrogen and oxygen atoms in total. The molecule has 1 aromatic heterocycles. The minimum atomic E-state index is -4.40. The number of rotatable bonds is 11. The molecule has 2 amide bonds. The van der Waals surface area contributed by atoms with Gasteiger partial charge in [0.1, 0.15) is 37.6 Å². The van der Waals surface area contributed by atoms with Crippen LogP contribution >= 0.6 is 0 Å². The van der Waals surface area contributed by atoms with E-state index in [1.165, 1.54) is 23.3 Å². The van der Waals surface area contributed by atoms with E-state index >= 15 is 0 Å². The molecule has 2 heterocycles. The number of aromatic nitrogens is 1. The highest BCUT2D eigenvalue weighted by Gasteiger charge is 2.39. The monoisotopic (exact) mass is 580 g/mol. The second kappa shape index (κ2) is 12.8. The van der Waals surface area contributed by atoms with Gasteiger partial charge in [0.15, 0.2) is 0 Å². The third-order valence-electron chi connectivity index (χ3n) is 6.82. The van der Waals surface area contributed by atoms with Gasteiger partial charge in [0.2, 0.25) is 5.91 Å². The van der Waals surface area contributed by atoms with E-state index in [1.807, 2.05) is 30.3 Å². The number of nitrogens with zero attached hydrogens (tertiary/aromatic N) is 2. The molecule has 1 saturated heterocycles. The van der Waals surface area contributed by atoms with Gasteiger partial charge < -0.3 is 18.7 Å². The first kappa shape index (κ1) is 28.7. The first-order valence-electron chi connectivity index (χ1n) is 13.2. The lowest BCUT2D eigenvalue weighted by Crippen LogP contribution is -2.40. The second-order valence-corrected chi connectivity index (χ2v) is 9.65. The third-order valence-corrected chi connectivity index (χ3v) is 6.82. The van der Waals surface area contributed by atoms with E-state index in [0.29, 0.717) is 23.6 Å². The number of hydrogen-bond acceptors (Lipinski definition) is 7. The van der Waals surface area contributed by atoms with E-state index in [2.05, 4.69) is 5.16 Å². The Kier molecular flexibility index (Phi) is 8.75. The van der Waals surface area contributed by atoms with Crippen LogP contribution < -0.4 is 9.47 Å². The number of alkyl halides is 3. The molecule has 5 rings (SSSR count). The number of amides is 2. The maximum absolute atomic E-state index is 13.4. The van der Waals surface area contributed by atoms with E-state index in [0.717, 1.165) is 23.3 Å². The van der Waals surface area contributed by atoms with Crippen LogP contribution in [0, 0.1) is 0 Å². The molecule has 11 heteroatoms. The SMILES string of the molecule is O=C(C[C@@H](c1ccc(OCCOc2ccc(C(F)(F)F)cc2)cc1)c1ccon1)N1C(=O)OC[C@@H]1Cc1ccccc1. The summed E-state index contributed by atoms with van der Waals surface area (Å²) in [5.74, 6) is -0.0349. The molecule has 1 aliphatic heterocycles. The van der Waals surface area contributed by atoms with Crippen molar-refractivity contribution in [3.63, 3.8) is 0 Å². The third kappa shape index (κ3) is 7.09. The van der Waals surface area contributed by atoms with Gasteiger partial charge in [-0.15, -0.1) is 0 Å². The molecule has 0 unspecified atom stereocenters. The molecule has 3 aromatic carbocycles. The van der Waals surface area contributed by atoms with Gasteiger partial charge in [0.25, 0.3) is 0 Å². The van der Waals surface area contributed by atoms with E-state index in [1.54, 1.807) is 30.3 Å². The molecule has 0 spiro atoms. The smallest absolute Gasteiger partial charge is 0.416 e. The zero-order valence-corrected chi connectivity index (χ0v) is 22.3. The summed E-state index contributed by atoms with van der Waals surface area (Å²) >= 11 is 0. The highest BCUT2D eigenvalue weighted by atomic mass is 19.4. The summed E-state index contributed by atoms with van der Waals surface area (Å²) in [4.78, 5) is 27.1. The normalized spacial score (nSPS) is 15.7. The molecule has 1 aliphatic rings. The lowest BCUT2D eigenvalue weighted by atomic mass is 9.91. The lowest BCUT2D eigenvalue weighted by Gasteiger charge is -2.22. The molecule has 2 atom stereocenters. The summed E-state index contributed by atoms with van der Waals surface area (Å²) in [6.45, 7) is 0.410. The number of carbonyl (C=O) groups excluding carboxylic acids is 2. The Labute approximate surface area is 239 Å². The predicted molar refractivity (Wildman–Crippen MR) is 144 cm³/mol. The molecule has 1 fully saturated rings. The Morgan fingerprint density at radius 3 is 2.17 bits per heavy atom. The quantitative estimate of drug-likeness (QED) is 0.193. The van der Waals surface area contributed by atoms with Gasteiger partial charge in [-0.1, -0.05) is 47.6 Å². The number of imide groups is 1. The largest absolute Gasteiger partial charge is 0.490 e. The van der Waals surface area contributed by atoms with Crippen molar-refractivity contribution in [2.24, 2.45) is 0 Å². The Bertz CT molecular complexity index is 1460. The van der Waals surface area contributed by atoms with Crippen molar-refractivity contribution < 1.29 is 41.5 Å². The van der Waals surface area contributed by atoms with Crippen LogP contribution in [0.4, 0.5) is 18.0 Å². The summed E-state index contributed by atoms with van der Waals surface area (Å²) in [5, 5.41) is 4.04. The summed E-state index contributed by atoms with van der Waals surface area (Å²) in [5.41, 5.74) is 1.54. The van der Waals surface area contributed by atoms with Gasteiger partial charge in [-0.2, -0.15) is 13.2 Å². The van der Waals surface area contributed by atoms with E-state index in [9.17, 15) is 22.8 Å². The van der Waals surface area contributed by atoms with Gasteiger partial charge in [-0.05, 0) is 53.9 Å². The van der Waals surface area contributed by atoms with E-state index in [-0.39, 0.29) is 32.1 Å². The molecule has 4 aromatic rings. The van der Waals surface area contributed by atoms with Crippen LogP contribution in [-0.4, -0.2) is 47.9 Å². The standard InChI is InChI=1S/C31H27F3N2O6/c32-31(33,34)23-8-12-26(13-9-23)40-17-16-39-25-10-6-22(7-11-25)27(28-14-15-42-35-28)19-29(37)36-24(20-41-30(36)38)18-21-4-2-1-3-5-21/h1-15,24,27H,16-20H2/t24-,27-/m0/s1. The fourth-order valence-electron chi connectivity index (χ4n) is 4.73. The number of ether oxygens (including phenoxy) is 3. The van der Waals surface area contributed by atoms with Gasteiger partial charge in [-0.3, -0.25) is 4.79 Å². The van der Waals surface area contributed by atoms with Crippen LogP contribution in [0.15, 0.2) is 95.7 Å². The van der Waals surface area contributed by atoms with Crippen LogP contribution in [0.2, 0.25) is 0 Å². The Morgan fingerprint density at radius 1 is 0.929 bits per heavy atom. The van der Waals surface area contributed by atoms with Crippen molar-refractivity contribution in [1.82, 2.24) is 10.1 Å². The Hall–Kier alpha value is -4.80. The first-order chi connectivity index (χ1) is 20.3. The zero-order valence-electron chi connectivity index (χ0n) is 22.3. The van der Waals surface area contributed by atoms with E-state index < -0.39 is 29.8 Å². The van der Waals surface area contributed by atoms with Crippen LogP contribution in [0.5, 0.6) is 11.5 Å². The predicted octanol–water partition coefficient (Wildman–Crippen LogP) is 6.26. The van der Waals surface area contributed by atoms with Gasteiger partial charge >= 0.3 is 12.3 Å². The van der Waals surface area contributed by atoms with Gasteiger partial charge in [0, 0.05) is 18.4 Å². The minimum absolute atomic E-state index is 0.0336. The van der Waals surface area contributed by atoms with Crippen LogP contribution in [0.3, 0.4) is 0 Å². The van der Waals surface area contributed by atoms with Crippen LogP contribution in [0.1, 0.15) is 34.7 Å². The molecule has 42 heavy (non-hydrogen) atoms. The summed E-state index contributed by atoms with van der Waals surface area (Å²) in [6.07, 6.45) is -3.19. The first-order valence-corrected chi connectivity index (χ1v) is 13.2. The van der Waals surface area contributed by atoms with Crippen LogP contribution in [-0.2, 0) is 22.1 Å². The number of carbonyl (C=O) groups is 2. The fraction of sp³-hybridized carbons (Fsp3) is 0.258. The highest BCUT2D eigenvalue weighted by molar-refractivity contribution is 5.94. The topological polar surface area (TPSA) is 91.1 Å². The zero-order chi connectivity index (χ0) is 29.5. The van der Waals surface area contributed by atoms with Crippen molar-refractivity contribution in [2.75, 3.05) is 19.8 Å². The fourth-order valence-corrected chi connectivity index (χ4v) is 4.73. The van der Waals surface area contributed by atoms with Crippen molar-refractivity contribution >= 4 is 12.0 Å². The summed E-state index contributed by atoms with van der Waals surface area (Å²) in [6, 6.07) is 22.3. The van der Waals surface area contributed by atoms with Crippen LogP contribution in [0.25, 0.3) is 0 Å². The molecule has 218 valence electrons. The number of cyclic esters (lactones) is 1. The molecule has 0 saturated carbocycles. The second-order valence-electron chi connectivity index (χ2n) is 9.65. The summed E-state index contributed by atoms with van der Waals surface area (Å²) < 4.78 is 59.5.